The summed E-state index contributed by atoms with van der Waals surface area (Å²) in [7, 11) is 0. The summed E-state index contributed by atoms with van der Waals surface area (Å²) in [6.07, 6.45) is 8.33. The summed E-state index contributed by atoms with van der Waals surface area (Å²) in [5.74, 6) is -0.211. The molecule has 0 aliphatic heterocycles. The van der Waals surface area contributed by atoms with Gasteiger partial charge in [0.1, 0.15) is 5.69 Å². The van der Waals surface area contributed by atoms with E-state index in [-0.39, 0.29) is 28.7 Å². The van der Waals surface area contributed by atoms with Crippen LogP contribution in [0.2, 0.25) is 0 Å². The van der Waals surface area contributed by atoms with Gasteiger partial charge in [0.2, 0.25) is 5.82 Å². The molecule has 7 heteroatoms. The molecule has 2 N–H and O–H groups in total. The van der Waals surface area contributed by atoms with Gasteiger partial charge in [-0.25, -0.2) is 15.0 Å². The first-order chi connectivity index (χ1) is 13.0. The topological polar surface area (TPSA) is 96.9 Å². The standard InChI is InChI=1S/C20H23N5O2/c1-14-5-2-6-15(23-14)17(26)24-19-7-3-8-20(13-19,10-9-19)25-18(27)16-21-11-4-12-22-16/h2,4-6,11-12H,3,7-10,13H2,1H3,(H,24,26)(H,25,27). The molecule has 2 aromatic rings. The fraction of sp³-hybridized carbons (Fsp3) is 0.450. The molecular weight excluding hydrogens is 342 g/mol. The maximum absolute atomic E-state index is 12.7. The summed E-state index contributed by atoms with van der Waals surface area (Å²) in [4.78, 5) is 37.7. The smallest absolute Gasteiger partial charge is 0.289 e. The fourth-order valence-corrected chi connectivity index (χ4v) is 4.52. The van der Waals surface area contributed by atoms with E-state index in [1.54, 1.807) is 24.5 Å². The van der Waals surface area contributed by atoms with Crippen molar-refractivity contribution in [2.24, 2.45) is 0 Å². The molecule has 0 radical (unpaired) electrons. The molecule has 0 aromatic carbocycles. The zero-order valence-electron chi connectivity index (χ0n) is 15.4. The van der Waals surface area contributed by atoms with Gasteiger partial charge in [-0.3, -0.25) is 9.59 Å². The molecule has 2 fully saturated rings. The number of aryl methyl sites for hydroxylation is 1. The van der Waals surface area contributed by atoms with Gasteiger partial charge in [0.15, 0.2) is 0 Å². The van der Waals surface area contributed by atoms with E-state index >= 15 is 0 Å². The van der Waals surface area contributed by atoms with Crippen molar-refractivity contribution in [1.82, 2.24) is 25.6 Å². The van der Waals surface area contributed by atoms with Gasteiger partial charge in [0.25, 0.3) is 11.8 Å². The summed E-state index contributed by atoms with van der Waals surface area (Å²) >= 11 is 0. The van der Waals surface area contributed by atoms with Crippen LogP contribution >= 0.6 is 0 Å². The third kappa shape index (κ3) is 3.54. The molecule has 2 aliphatic rings. The van der Waals surface area contributed by atoms with Crippen LogP contribution in [0, 0.1) is 6.92 Å². The van der Waals surface area contributed by atoms with Gasteiger partial charge in [0, 0.05) is 29.2 Å². The quantitative estimate of drug-likeness (QED) is 0.866. The highest BCUT2D eigenvalue weighted by atomic mass is 16.2. The second-order valence-corrected chi connectivity index (χ2v) is 7.74. The van der Waals surface area contributed by atoms with Crippen LogP contribution in [0.3, 0.4) is 0 Å². The molecule has 2 saturated carbocycles. The van der Waals surface area contributed by atoms with E-state index in [9.17, 15) is 9.59 Å². The molecule has 2 aliphatic carbocycles. The number of nitrogens with zero attached hydrogens (tertiary/aromatic N) is 3. The fourth-order valence-electron chi connectivity index (χ4n) is 4.52. The Labute approximate surface area is 158 Å². The summed E-state index contributed by atoms with van der Waals surface area (Å²) in [5.41, 5.74) is 0.668. The van der Waals surface area contributed by atoms with Crippen molar-refractivity contribution in [1.29, 1.82) is 0 Å². The normalized spacial score (nSPS) is 26.4. The predicted octanol–water partition coefficient (Wildman–Crippen LogP) is 2.19. The Hall–Kier alpha value is -2.83. The third-order valence-electron chi connectivity index (χ3n) is 5.72. The molecule has 2 amide bonds. The Bertz CT molecular complexity index is 872. The molecule has 2 aromatic heterocycles. The van der Waals surface area contributed by atoms with Crippen LogP contribution < -0.4 is 10.6 Å². The van der Waals surface area contributed by atoms with Crippen molar-refractivity contribution in [2.45, 2.75) is 56.5 Å². The summed E-state index contributed by atoms with van der Waals surface area (Å²) in [6, 6.07) is 7.13. The number of amides is 2. The Morgan fingerprint density at radius 1 is 0.926 bits per heavy atom. The zero-order chi connectivity index (χ0) is 18.9. The minimum absolute atomic E-state index is 0.144. The molecule has 4 rings (SSSR count). The summed E-state index contributed by atoms with van der Waals surface area (Å²) in [6.45, 7) is 1.87. The molecule has 2 bridgehead atoms. The lowest BCUT2D eigenvalue weighted by molar-refractivity contribution is 0.0824. The van der Waals surface area contributed by atoms with Crippen LogP contribution in [-0.2, 0) is 0 Å². The number of carbonyl (C=O) groups excluding carboxylic acids is 2. The van der Waals surface area contributed by atoms with Crippen LogP contribution in [-0.4, -0.2) is 37.8 Å². The number of hydrogen-bond acceptors (Lipinski definition) is 5. The maximum Gasteiger partial charge on any atom is 0.289 e. The van der Waals surface area contributed by atoms with Gasteiger partial charge in [-0.05, 0) is 63.6 Å². The molecule has 0 saturated heterocycles. The number of nitrogens with one attached hydrogen (secondary N) is 2. The van der Waals surface area contributed by atoms with Crippen molar-refractivity contribution in [3.8, 4) is 0 Å². The molecule has 0 spiro atoms. The van der Waals surface area contributed by atoms with E-state index in [0.717, 1.165) is 44.2 Å². The number of pyridine rings is 1. The number of rotatable bonds is 4. The second kappa shape index (κ2) is 6.72. The Balaban J connectivity index is 1.48. The third-order valence-corrected chi connectivity index (χ3v) is 5.72. The van der Waals surface area contributed by atoms with Crippen molar-refractivity contribution < 1.29 is 9.59 Å². The lowest BCUT2D eigenvalue weighted by atomic mass is 9.78. The average Bonchev–Trinajstić information content (AvgIpc) is 2.92. The SMILES string of the molecule is Cc1cccc(C(=O)NC23CCCC(NC(=O)c4ncccn4)(CC2)C3)n1. The van der Waals surface area contributed by atoms with Gasteiger partial charge in [-0.15, -0.1) is 0 Å². The molecule has 27 heavy (non-hydrogen) atoms. The maximum atomic E-state index is 12.7. The number of aromatic nitrogens is 3. The van der Waals surface area contributed by atoms with Crippen LogP contribution in [0.15, 0.2) is 36.7 Å². The van der Waals surface area contributed by atoms with Crippen LogP contribution in [0.25, 0.3) is 0 Å². The first-order valence-corrected chi connectivity index (χ1v) is 9.35. The molecule has 2 heterocycles. The van der Waals surface area contributed by atoms with Gasteiger partial charge in [-0.2, -0.15) is 0 Å². The van der Waals surface area contributed by atoms with Crippen LogP contribution in [0.4, 0.5) is 0 Å². The van der Waals surface area contributed by atoms with E-state index in [0.29, 0.717) is 5.69 Å². The summed E-state index contributed by atoms with van der Waals surface area (Å²) < 4.78 is 0. The monoisotopic (exact) mass is 365 g/mol. The van der Waals surface area contributed by atoms with E-state index in [4.69, 9.17) is 0 Å². The number of fused-ring (bicyclic) bond motifs is 2. The lowest BCUT2D eigenvalue weighted by Gasteiger charge is -2.40. The van der Waals surface area contributed by atoms with Gasteiger partial charge in [0.05, 0.1) is 0 Å². The molecule has 2 unspecified atom stereocenters. The highest BCUT2D eigenvalue weighted by Gasteiger charge is 2.52. The largest absolute Gasteiger partial charge is 0.345 e. The van der Waals surface area contributed by atoms with Crippen molar-refractivity contribution in [3.63, 3.8) is 0 Å². The highest BCUT2D eigenvalue weighted by molar-refractivity contribution is 5.93. The average molecular weight is 365 g/mol. The Kier molecular flexibility index (Phi) is 4.37. The highest BCUT2D eigenvalue weighted by Crippen LogP contribution is 2.48. The second-order valence-electron chi connectivity index (χ2n) is 7.74. The Morgan fingerprint density at radius 3 is 2.26 bits per heavy atom. The molecule has 2 atom stereocenters. The molecule has 7 nitrogen and oxygen atoms in total. The van der Waals surface area contributed by atoms with Gasteiger partial charge < -0.3 is 10.6 Å². The zero-order valence-corrected chi connectivity index (χ0v) is 15.4. The van der Waals surface area contributed by atoms with Crippen molar-refractivity contribution in [2.75, 3.05) is 0 Å². The number of hydrogen-bond donors (Lipinski definition) is 2. The first kappa shape index (κ1) is 17.6. The van der Waals surface area contributed by atoms with Gasteiger partial charge in [-0.1, -0.05) is 6.07 Å². The van der Waals surface area contributed by atoms with Crippen LogP contribution in [0.5, 0.6) is 0 Å². The van der Waals surface area contributed by atoms with E-state index in [1.807, 2.05) is 19.1 Å². The van der Waals surface area contributed by atoms with Crippen LogP contribution in [0.1, 0.15) is 65.3 Å². The molecule has 140 valence electrons. The minimum atomic E-state index is -0.304. The predicted molar refractivity (Wildman–Crippen MR) is 99.1 cm³/mol. The lowest BCUT2D eigenvalue weighted by Crippen LogP contribution is -2.55. The van der Waals surface area contributed by atoms with Gasteiger partial charge >= 0.3 is 0 Å². The van der Waals surface area contributed by atoms with Crippen molar-refractivity contribution >= 4 is 11.8 Å². The first-order valence-electron chi connectivity index (χ1n) is 9.35. The molecular formula is C20H23N5O2. The van der Waals surface area contributed by atoms with Crippen molar-refractivity contribution in [3.05, 3.63) is 53.9 Å². The minimum Gasteiger partial charge on any atom is -0.345 e. The van der Waals surface area contributed by atoms with E-state index in [2.05, 4.69) is 25.6 Å². The van der Waals surface area contributed by atoms with E-state index in [1.165, 1.54) is 0 Å². The Morgan fingerprint density at radius 2 is 1.59 bits per heavy atom. The van der Waals surface area contributed by atoms with E-state index < -0.39 is 0 Å². The number of carbonyl (C=O) groups is 2. The summed E-state index contributed by atoms with van der Waals surface area (Å²) in [5, 5.41) is 6.38.